The number of rotatable bonds is 6. The number of aliphatic hydroxyl groups excluding tert-OH is 2. The van der Waals surface area contributed by atoms with Crippen molar-refractivity contribution in [3.8, 4) is 0 Å². The van der Waals surface area contributed by atoms with Crippen molar-refractivity contribution in [3.63, 3.8) is 0 Å². The minimum absolute atomic E-state index is 0.0616. The van der Waals surface area contributed by atoms with Crippen LogP contribution in [0.25, 0.3) is 6.08 Å². The molecule has 180 valence electrons. The van der Waals surface area contributed by atoms with Gasteiger partial charge in [-0.3, -0.25) is 14.5 Å². The first-order chi connectivity index (χ1) is 15.8. The van der Waals surface area contributed by atoms with Gasteiger partial charge in [0.15, 0.2) is 0 Å². The highest BCUT2D eigenvalue weighted by Crippen LogP contribution is 2.53. The lowest BCUT2D eigenvalue weighted by Crippen LogP contribution is -2.49. The number of likely N-dealkylation sites (tertiary alicyclic amines) is 1. The molecule has 2 aliphatic heterocycles. The van der Waals surface area contributed by atoms with Gasteiger partial charge in [-0.25, -0.2) is 0 Å². The number of piperidine rings is 1. The van der Waals surface area contributed by atoms with Crippen molar-refractivity contribution < 1.29 is 19.8 Å². The predicted molar refractivity (Wildman–Crippen MR) is 128 cm³/mol. The van der Waals surface area contributed by atoms with Crippen LogP contribution < -0.4 is 0 Å². The highest BCUT2D eigenvalue weighted by Gasteiger charge is 2.51. The molecule has 1 saturated carbocycles. The van der Waals surface area contributed by atoms with Crippen LogP contribution in [0, 0.1) is 5.41 Å². The minimum atomic E-state index is -0.689. The van der Waals surface area contributed by atoms with E-state index in [9.17, 15) is 19.8 Å². The third-order valence-electron chi connectivity index (χ3n) is 7.12. The molecule has 1 spiro atoms. The number of carbonyl (C=O) groups is 2. The largest absolute Gasteiger partial charge is 0.391 e. The number of amides is 2. The van der Waals surface area contributed by atoms with E-state index in [1.807, 2.05) is 0 Å². The Morgan fingerprint density at radius 2 is 1.91 bits per heavy atom. The van der Waals surface area contributed by atoms with Gasteiger partial charge in [-0.05, 0) is 55.0 Å². The lowest BCUT2D eigenvalue weighted by molar-refractivity contribution is -0.132. The Kier molecular flexibility index (Phi) is 7.66. The first-order valence-electron chi connectivity index (χ1n) is 11.5. The van der Waals surface area contributed by atoms with Crippen molar-refractivity contribution in [2.45, 2.75) is 37.9 Å². The second kappa shape index (κ2) is 10.3. The number of halogens is 2. The summed E-state index contributed by atoms with van der Waals surface area (Å²) in [7, 11) is 0. The Hall–Kier alpha value is -1.64. The van der Waals surface area contributed by atoms with Gasteiger partial charge in [-0.2, -0.15) is 0 Å². The Morgan fingerprint density at radius 1 is 1.12 bits per heavy atom. The molecule has 2 amide bonds. The molecule has 0 radical (unpaired) electrons. The molecule has 2 N–H and O–H groups in total. The Bertz CT molecular complexity index is 921. The van der Waals surface area contributed by atoms with Crippen LogP contribution in [0.5, 0.6) is 0 Å². The Morgan fingerprint density at radius 3 is 2.61 bits per heavy atom. The van der Waals surface area contributed by atoms with Gasteiger partial charge < -0.3 is 20.0 Å². The van der Waals surface area contributed by atoms with Crippen molar-refractivity contribution in [2.24, 2.45) is 5.41 Å². The molecule has 9 heteroatoms. The normalized spacial score (nSPS) is 24.4. The van der Waals surface area contributed by atoms with E-state index in [1.54, 1.807) is 34.1 Å². The molecule has 3 fully saturated rings. The molecule has 0 bridgehead atoms. The van der Waals surface area contributed by atoms with Crippen molar-refractivity contribution in [3.05, 3.63) is 39.9 Å². The van der Waals surface area contributed by atoms with E-state index in [0.717, 1.165) is 31.4 Å². The summed E-state index contributed by atoms with van der Waals surface area (Å²) in [5.41, 5.74) is 0.899. The number of hydrogen-bond acceptors (Lipinski definition) is 5. The number of benzene rings is 1. The molecule has 7 nitrogen and oxygen atoms in total. The summed E-state index contributed by atoms with van der Waals surface area (Å²) in [6, 6.07) is 5.14. The Balaban J connectivity index is 1.26. The summed E-state index contributed by atoms with van der Waals surface area (Å²) < 4.78 is 0. The number of aliphatic hydroxyl groups is 2. The van der Waals surface area contributed by atoms with Crippen LogP contribution >= 0.6 is 23.2 Å². The third kappa shape index (κ3) is 6.08. The molecule has 2 atom stereocenters. The molecule has 1 aromatic rings. The summed E-state index contributed by atoms with van der Waals surface area (Å²) in [5.74, 6) is -0.235. The fourth-order valence-electron chi connectivity index (χ4n) is 4.77. The minimum Gasteiger partial charge on any atom is -0.391 e. The lowest BCUT2D eigenvalue weighted by atomic mass is 9.90. The molecule has 4 rings (SSSR count). The van der Waals surface area contributed by atoms with Crippen LogP contribution in [0.2, 0.25) is 10.0 Å². The van der Waals surface area contributed by atoms with Crippen LogP contribution in [0.3, 0.4) is 0 Å². The maximum Gasteiger partial charge on any atom is 0.246 e. The van der Waals surface area contributed by atoms with Crippen molar-refractivity contribution in [2.75, 3.05) is 45.8 Å². The number of carbonyl (C=O) groups excluding carboxylic acids is 2. The van der Waals surface area contributed by atoms with Crippen molar-refractivity contribution in [1.82, 2.24) is 14.7 Å². The van der Waals surface area contributed by atoms with E-state index in [4.69, 9.17) is 23.2 Å². The molecule has 0 aromatic heterocycles. The average Bonchev–Trinajstić information content (AvgIpc) is 3.58. The summed E-state index contributed by atoms with van der Waals surface area (Å²) in [6.45, 7) is 3.26. The smallest absolute Gasteiger partial charge is 0.246 e. The van der Waals surface area contributed by atoms with Gasteiger partial charge in [-0.1, -0.05) is 29.3 Å². The van der Waals surface area contributed by atoms with Gasteiger partial charge in [0.2, 0.25) is 11.8 Å². The molecule has 1 unspecified atom stereocenters. The molecule has 1 aliphatic carbocycles. The van der Waals surface area contributed by atoms with E-state index < -0.39 is 6.10 Å². The number of hydrogen-bond donors (Lipinski definition) is 2. The van der Waals surface area contributed by atoms with Gasteiger partial charge in [-0.15, -0.1) is 0 Å². The van der Waals surface area contributed by atoms with Crippen LogP contribution in [0.4, 0.5) is 0 Å². The predicted octanol–water partition coefficient (Wildman–Crippen LogP) is 2.28. The van der Waals surface area contributed by atoms with Crippen LogP contribution in [0.1, 0.15) is 31.2 Å². The molecule has 2 heterocycles. The van der Waals surface area contributed by atoms with E-state index in [1.165, 1.54) is 6.08 Å². The summed E-state index contributed by atoms with van der Waals surface area (Å²) in [5, 5.41) is 21.8. The zero-order chi connectivity index (χ0) is 23.6. The highest BCUT2D eigenvalue weighted by molar-refractivity contribution is 6.42. The standard InChI is InChI=1S/C24H31Cl2N3O4/c25-19-3-1-17(13-20(19)26)2-4-22(32)28-9-5-23(33)29(12-11-28)15-18(30)14-27-10-8-24(6-7-24)21(31)16-27/h1-4,13,18,21,30-31H,5-12,14-16H2/b4-2+/t18?,21-/m1/s1. The lowest BCUT2D eigenvalue weighted by Gasteiger charge is -2.37. The van der Waals surface area contributed by atoms with Gasteiger partial charge in [0.25, 0.3) is 0 Å². The molecule has 3 aliphatic rings. The molecular formula is C24H31Cl2N3O4. The Labute approximate surface area is 204 Å². The van der Waals surface area contributed by atoms with E-state index in [2.05, 4.69) is 4.90 Å². The summed E-state index contributed by atoms with van der Waals surface area (Å²) in [6.07, 6.45) is 5.54. The first kappa shape index (κ1) is 24.5. The molecule has 2 saturated heterocycles. The zero-order valence-electron chi connectivity index (χ0n) is 18.6. The fraction of sp³-hybridized carbons (Fsp3) is 0.583. The molecule has 1 aromatic carbocycles. The summed E-state index contributed by atoms with van der Waals surface area (Å²) >= 11 is 11.9. The average molecular weight is 496 g/mol. The van der Waals surface area contributed by atoms with Gasteiger partial charge in [0.05, 0.1) is 22.3 Å². The van der Waals surface area contributed by atoms with Gasteiger partial charge in [0, 0.05) is 51.8 Å². The zero-order valence-corrected chi connectivity index (χ0v) is 20.1. The van der Waals surface area contributed by atoms with Crippen LogP contribution in [-0.4, -0.2) is 94.7 Å². The highest BCUT2D eigenvalue weighted by atomic mass is 35.5. The monoisotopic (exact) mass is 495 g/mol. The van der Waals surface area contributed by atoms with E-state index in [0.29, 0.717) is 42.8 Å². The maximum atomic E-state index is 12.6. The quantitative estimate of drug-likeness (QED) is 0.591. The molecular weight excluding hydrogens is 465 g/mol. The van der Waals surface area contributed by atoms with Gasteiger partial charge in [0.1, 0.15) is 0 Å². The molecule has 33 heavy (non-hydrogen) atoms. The van der Waals surface area contributed by atoms with Crippen LogP contribution in [0.15, 0.2) is 24.3 Å². The number of β-amino-alcohol motifs (C(OH)–C–C–N with tert-alkyl or cyclic N) is 2. The van der Waals surface area contributed by atoms with Crippen molar-refractivity contribution in [1.29, 1.82) is 0 Å². The van der Waals surface area contributed by atoms with Crippen molar-refractivity contribution >= 4 is 41.1 Å². The SMILES string of the molecule is O=C(/C=C/c1ccc(Cl)c(Cl)c1)N1CCC(=O)N(CC(O)CN2CCC3(CC3)[C@H](O)C2)CC1. The van der Waals surface area contributed by atoms with E-state index in [-0.39, 0.29) is 36.3 Å². The second-order valence-corrected chi connectivity index (χ2v) is 10.3. The topological polar surface area (TPSA) is 84.3 Å². The summed E-state index contributed by atoms with van der Waals surface area (Å²) in [4.78, 5) is 30.6. The maximum absolute atomic E-state index is 12.6. The third-order valence-corrected chi connectivity index (χ3v) is 7.86. The number of nitrogens with zero attached hydrogens (tertiary/aromatic N) is 3. The van der Waals surface area contributed by atoms with Crippen LogP contribution in [-0.2, 0) is 9.59 Å². The first-order valence-corrected chi connectivity index (χ1v) is 12.3. The second-order valence-electron chi connectivity index (χ2n) is 9.46. The van der Waals surface area contributed by atoms with E-state index >= 15 is 0 Å². The van der Waals surface area contributed by atoms with Gasteiger partial charge >= 0.3 is 0 Å². The fourth-order valence-corrected chi connectivity index (χ4v) is 5.07.